The summed E-state index contributed by atoms with van der Waals surface area (Å²) in [5.41, 5.74) is 3.61. The molecule has 0 bridgehead atoms. The van der Waals surface area contributed by atoms with Gasteiger partial charge in [0.1, 0.15) is 16.9 Å². The maximum atomic E-state index is 12.7. The molecule has 0 unspecified atom stereocenters. The summed E-state index contributed by atoms with van der Waals surface area (Å²) in [6.45, 7) is 2.71. The molecule has 1 aromatic carbocycles. The van der Waals surface area contributed by atoms with Crippen molar-refractivity contribution in [3.8, 4) is 11.1 Å². The van der Waals surface area contributed by atoms with Crippen LogP contribution in [0.15, 0.2) is 29.1 Å². The lowest BCUT2D eigenvalue weighted by Crippen LogP contribution is -2.47. The minimum atomic E-state index is -1.58. The summed E-state index contributed by atoms with van der Waals surface area (Å²) in [5, 5.41) is 18.9. The Bertz CT molecular complexity index is 1040. The molecule has 0 atom stereocenters. The molecular formula is C19H20N4O6. The molecule has 10 heteroatoms. The second kappa shape index (κ2) is 7.76. The van der Waals surface area contributed by atoms with E-state index in [1.807, 2.05) is 7.05 Å². The molecule has 1 fully saturated rings. The number of anilines is 1. The highest BCUT2D eigenvalue weighted by Crippen LogP contribution is 2.29. The quantitative estimate of drug-likeness (QED) is 0.575. The van der Waals surface area contributed by atoms with Gasteiger partial charge in [0.25, 0.3) is 11.5 Å². The Hall–Kier alpha value is -3.66. The summed E-state index contributed by atoms with van der Waals surface area (Å²) < 4.78 is 0. The van der Waals surface area contributed by atoms with Crippen molar-refractivity contribution in [3.63, 3.8) is 0 Å². The summed E-state index contributed by atoms with van der Waals surface area (Å²) in [6, 6.07) is 5.78. The van der Waals surface area contributed by atoms with Gasteiger partial charge >= 0.3 is 11.9 Å². The number of carbonyl (C=O) groups excluding carboxylic acids is 1. The van der Waals surface area contributed by atoms with E-state index in [1.54, 1.807) is 4.90 Å². The fourth-order valence-corrected chi connectivity index (χ4v) is 3.31. The van der Waals surface area contributed by atoms with Crippen LogP contribution in [0.1, 0.15) is 31.1 Å². The van der Waals surface area contributed by atoms with Gasteiger partial charge in [0, 0.05) is 37.3 Å². The molecule has 29 heavy (non-hydrogen) atoms. The molecule has 3 rings (SSSR count). The molecule has 5 N–H and O–H groups in total. The lowest BCUT2D eigenvalue weighted by Gasteiger charge is -2.32. The van der Waals surface area contributed by atoms with Crippen molar-refractivity contribution in [2.24, 2.45) is 0 Å². The second-order valence-corrected chi connectivity index (χ2v) is 6.78. The predicted molar refractivity (Wildman–Crippen MR) is 104 cm³/mol. The molecule has 1 aliphatic heterocycles. The molecule has 10 nitrogen and oxygen atoms in total. The minimum absolute atomic E-state index is 0.160. The number of aromatic nitrogens is 1. The van der Waals surface area contributed by atoms with E-state index in [0.29, 0.717) is 18.7 Å². The first-order valence-corrected chi connectivity index (χ1v) is 8.81. The second-order valence-electron chi connectivity index (χ2n) is 6.78. The summed E-state index contributed by atoms with van der Waals surface area (Å²) in [6.07, 6.45) is 0. The average Bonchev–Trinajstić information content (AvgIpc) is 2.67. The lowest BCUT2D eigenvalue weighted by molar-refractivity contribution is 0.0660. The van der Waals surface area contributed by atoms with Gasteiger partial charge in [-0.2, -0.15) is 0 Å². The summed E-state index contributed by atoms with van der Waals surface area (Å²) in [5.74, 6) is -3.68. The van der Waals surface area contributed by atoms with Crippen LogP contribution in [0.4, 0.5) is 5.82 Å². The first-order valence-electron chi connectivity index (χ1n) is 8.81. The molecule has 1 aliphatic rings. The summed E-state index contributed by atoms with van der Waals surface area (Å²) in [7, 11) is 1.98. The van der Waals surface area contributed by atoms with Crippen LogP contribution >= 0.6 is 0 Å². The zero-order valence-electron chi connectivity index (χ0n) is 15.6. The Morgan fingerprint density at radius 3 is 2.03 bits per heavy atom. The van der Waals surface area contributed by atoms with E-state index in [1.165, 1.54) is 24.3 Å². The summed E-state index contributed by atoms with van der Waals surface area (Å²) in [4.78, 5) is 53.9. The third kappa shape index (κ3) is 3.83. The highest BCUT2D eigenvalue weighted by molar-refractivity contribution is 6.07. The normalized spacial score (nSPS) is 14.6. The van der Waals surface area contributed by atoms with Crippen molar-refractivity contribution >= 4 is 23.7 Å². The predicted octanol–water partition coefficient (Wildman–Crippen LogP) is 0.408. The molecule has 0 aliphatic carbocycles. The minimum Gasteiger partial charge on any atom is -0.478 e. The van der Waals surface area contributed by atoms with Crippen molar-refractivity contribution in [1.29, 1.82) is 0 Å². The Labute approximate surface area is 165 Å². The Kier molecular flexibility index (Phi) is 5.37. The third-order valence-corrected chi connectivity index (χ3v) is 4.88. The standard InChI is InChI=1S/C19H20N4O6/c1-22-6-8-23(9-7-22)17(25)11-4-2-10(3-5-11)12-13(18(26)27)15(20)21-16(24)14(12)19(28)29/h2-5H,6-9H2,1H3,(H,26,27)(H,28,29)(H3,20,21,24). The van der Waals surface area contributed by atoms with E-state index in [2.05, 4.69) is 9.88 Å². The number of nitrogens with two attached hydrogens (primary N) is 1. The van der Waals surface area contributed by atoms with Crippen LogP contribution in [0.2, 0.25) is 0 Å². The Morgan fingerprint density at radius 2 is 1.52 bits per heavy atom. The first-order chi connectivity index (χ1) is 13.7. The molecule has 1 saturated heterocycles. The van der Waals surface area contributed by atoms with E-state index >= 15 is 0 Å². The Balaban J connectivity index is 2.04. The largest absolute Gasteiger partial charge is 0.478 e. The number of likely N-dealkylation sites (N-methyl/N-ethyl adjacent to an activating group) is 1. The molecule has 1 amide bonds. The van der Waals surface area contributed by atoms with Crippen LogP contribution < -0.4 is 11.3 Å². The van der Waals surface area contributed by atoms with Crippen LogP contribution in [-0.2, 0) is 0 Å². The number of aromatic carboxylic acids is 2. The number of nitrogen functional groups attached to an aromatic ring is 1. The zero-order chi connectivity index (χ0) is 21.3. The van der Waals surface area contributed by atoms with Crippen molar-refractivity contribution in [2.75, 3.05) is 39.0 Å². The number of carbonyl (C=O) groups is 3. The van der Waals surface area contributed by atoms with E-state index in [-0.39, 0.29) is 17.0 Å². The summed E-state index contributed by atoms with van der Waals surface area (Å²) >= 11 is 0. The number of H-pyrrole nitrogens is 1. The zero-order valence-corrected chi connectivity index (χ0v) is 15.6. The SMILES string of the molecule is CN1CCN(C(=O)c2ccc(-c3c(C(=O)O)c(N)[nH]c(=O)c3C(=O)O)cc2)CC1. The monoisotopic (exact) mass is 400 g/mol. The van der Waals surface area contributed by atoms with Crippen LogP contribution in [0.3, 0.4) is 0 Å². The van der Waals surface area contributed by atoms with Crippen molar-refractivity contribution in [2.45, 2.75) is 0 Å². The van der Waals surface area contributed by atoms with Gasteiger partial charge in [-0.25, -0.2) is 9.59 Å². The van der Waals surface area contributed by atoms with E-state index < -0.39 is 34.4 Å². The maximum absolute atomic E-state index is 12.7. The average molecular weight is 400 g/mol. The third-order valence-electron chi connectivity index (χ3n) is 4.88. The maximum Gasteiger partial charge on any atom is 0.342 e. The number of carboxylic acids is 2. The number of pyridine rings is 1. The number of benzene rings is 1. The van der Waals surface area contributed by atoms with E-state index in [9.17, 15) is 29.4 Å². The topological polar surface area (TPSA) is 157 Å². The number of aromatic amines is 1. The molecule has 0 saturated carbocycles. The molecule has 2 heterocycles. The van der Waals surface area contributed by atoms with E-state index in [0.717, 1.165) is 13.1 Å². The van der Waals surface area contributed by atoms with Gasteiger partial charge in [0.15, 0.2) is 0 Å². The number of nitrogens with zero attached hydrogens (tertiary/aromatic N) is 2. The highest BCUT2D eigenvalue weighted by Gasteiger charge is 2.27. The molecule has 152 valence electrons. The van der Waals surface area contributed by atoms with Crippen LogP contribution in [0.5, 0.6) is 0 Å². The fourth-order valence-electron chi connectivity index (χ4n) is 3.31. The van der Waals surface area contributed by atoms with Gasteiger partial charge < -0.3 is 30.7 Å². The number of nitrogens with one attached hydrogen (secondary N) is 1. The number of rotatable bonds is 4. The lowest BCUT2D eigenvalue weighted by atomic mass is 9.94. The van der Waals surface area contributed by atoms with Gasteiger partial charge in [0.2, 0.25) is 0 Å². The molecule has 1 aromatic heterocycles. The molecule has 0 radical (unpaired) electrons. The smallest absolute Gasteiger partial charge is 0.342 e. The molecule has 0 spiro atoms. The number of hydrogen-bond donors (Lipinski definition) is 4. The number of piperazine rings is 1. The van der Waals surface area contributed by atoms with Crippen molar-refractivity contribution < 1.29 is 24.6 Å². The van der Waals surface area contributed by atoms with Gasteiger partial charge in [-0.1, -0.05) is 12.1 Å². The number of amides is 1. The van der Waals surface area contributed by atoms with Gasteiger partial charge in [0.05, 0.1) is 0 Å². The van der Waals surface area contributed by atoms with Gasteiger partial charge in [-0.3, -0.25) is 9.59 Å². The van der Waals surface area contributed by atoms with Crippen LogP contribution in [0.25, 0.3) is 11.1 Å². The molecular weight excluding hydrogens is 380 g/mol. The van der Waals surface area contributed by atoms with Crippen LogP contribution in [-0.4, -0.2) is 76.1 Å². The first kappa shape index (κ1) is 20.1. The van der Waals surface area contributed by atoms with Crippen LogP contribution in [0, 0.1) is 0 Å². The van der Waals surface area contributed by atoms with E-state index in [4.69, 9.17) is 5.73 Å². The fraction of sp³-hybridized carbons (Fsp3) is 0.263. The molecule has 2 aromatic rings. The van der Waals surface area contributed by atoms with Crippen molar-refractivity contribution in [1.82, 2.24) is 14.8 Å². The van der Waals surface area contributed by atoms with Gasteiger partial charge in [-0.15, -0.1) is 0 Å². The Morgan fingerprint density at radius 1 is 0.966 bits per heavy atom. The number of carboxylic acid groups (broad SMARTS) is 2. The van der Waals surface area contributed by atoms with Crippen molar-refractivity contribution in [3.05, 3.63) is 51.3 Å². The number of hydrogen-bond acceptors (Lipinski definition) is 6. The highest BCUT2D eigenvalue weighted by atomic mass is 16.4. The van der Waals surface area contributed by atoms with Gasteiger partial charge in [-0.05, 0) is 24.7 Å².